The molecule has 1 aliphatic rings. The third-order valence-electron chi connectivity index (χ3n) is 3.45. The minimum Gasteiger partial charge on any atom is -0.482 e. The van der Waals surface area contributed by atoms with Crippen LogP contribution in [0.15, 0.2) is 24.3 Å². The van der Waals surface area contributed by atoms with Crippen molar-refractivity contribution in [2.45, 2.75) is 32.6 Å². The van der Waals surface area contributed by atoms with Crippen LogP contribution in [0.4, 0.5) is 5.69 Å². The van der Waals surface area contributed by atoms with Gasteiger partial charge in [0.1, 0.15) is 5.75 Å². The largest absolute Gasteiger partial charge is 0.482 e. The van der Waals surface area contributed by atoms with Crippen LogP contribution in [0, 0.1) is 0 Å². The molecule has 0 fully saturated rings. The van der Waals surface area contributed by atoms with E-state index in [0.29, 0.717) is 19.4 Å². The number of rotatable bonds is 7. The highest BCUT2D eigenvalue weighted by molar-refractivity contribution is 5.97. The smallest absolute Gasteiger partial charge is 0.265 e. The molecule has 0 saturated carbocycles. The van der Waals surface area contributed by atoms with Crippen molar-refractivity contribution in [3.8, 4) is 5.75 Å². The van der Waals surface area contributed by atoms with Crippen molar-refractivity contribution in [1.29, 1.82) is 0 Å². The van der Waals surface area contributed by atoms with Crippen LogP contribution in [0.25, 0.3) is 0 Å². The summed E-state index contributed by atoms with van der Waals surface area (Å²) in [6, 6.07) is 7.49. The van der Waals surface area contributed by atoms with E-state index in [-0.39, 0.29) is 18.4 Å². The third-order valence-corrected chi connectivity index (χ3v) is 3.45. The molecule has 2 rings (SSSR count). The number of amides is 2. The first-order valence-electron chi connectivity index (χ1n) is 7.51. The molecule has 1 aromatic carbocycles. The molecule has 0 aromatic heterocycles. The van der Waals surface area contributed by atoms with Crippen LogP contribution >= 0.6 is 0 Å². The molecule has 5 nitrogen and oxygen atoms in total. The average molecular weight is 290 g/mol. The Labute approximate surface area is 125 Å². The fourth-order valence-corrected chi connectivity index (χ4v) is 2.29. The molecule has 1 heterocycles. The van der Waals surface area contributed by atoms with E-state index in [2.05, 4.69) is 12.2 Å². The molecule has 1 N–H and O–H groups in total. The maximum atomic E-state index is 11.9. The molecule has 0 aliphatic carbocycles. The third kappa shape index (κ3) is 4.21. The quantitative estimate of drug-likeness (QED) is 0.782. The topological polar surface area (TPSA) is 58.6 Å². The second-order valence-corrected chi connectivity index (χ2v) is 5.11. The van der Waals surface area contributed by atoms with E-state index in [1.807, 2.05) is 24.3 Å². The molecule has 1 aromatic rings. The zero-order valence-electron chi connectivity index (χ0n) is 12.4. The lowest BCUT2D eigenvalue weighted by Gasteiger charge is -2.29. The molecule has 21 heavy (non-hydrogen) atoms. The number of hydrogen-bond donors (Lipinski definition) is 1. The summed E-state index contributed by atoms with van der Waals surface area (Å²) in [5.41, 5.74) is 0.792. The van der Waals surface area contributed by atoms with E-state index in [4.69, 9.17) is 4.74 Å². The molecule has 0 radical (unpaired) electrons. The van der Waals surface area contributed by atoms with Crippen molar-refractivity contribution in [1.82, 2.24) is 5.32 Å². The molecule has 0 bridgehead atoms. The molecule has 2 amide bonds. The Hall–Kier alpha value is -2.04. The molecule has 5 heteroatoms. The summed E-state index contributed by atoms with van der Waals surface area (Å²) in [5.74, 6) is 0.724. The summed E-state index contributed by atoms with van der Waals surface area (Å²) in [6.45, 7) is 3.43. The Kier molecular flexibility index (Phi) is 5.60. The van der Waals surface area contributed by atoms with Gasteiger partial charge in [0, 0.05) is 19.5 Å². The summed E-state index contributed by atoms with van der Waals surface area (Å²) in [6.07, 6.45) is 3.16. The van der Waals surface area contributed by atoms with E-state index in [9.17, 15) is 9.59 Å². The zero-order valence-corrected chi connectivity index (χ0v) is 12.4. The van der Waals surface area contributed by atoms with Gasteiger partial charge < -0.3 is 15.0 Å². The minimum atomic E-state index is -0.0555. The second-order valence-electron chi connectivity index (χ2n) is 5.11. The van der Waals surface area contributed by atoms with Gasteiger partial charge in [0.05, 0.1) is 5.69 Å². The fourth-order valence-electron chi connectivity index (χ4n) is 2.29. The monoisotopic (exact) mass is 290 g/mol. The van der Waals surface area contributed by atoms with Gasteiger partial charge in [0.15, 0.2) is 6.61 Å². The van der Waals surface area contributed by atoms with E-state index in [1.165, 1.54) is 0 Å². The van der Waals surface area contributed by atoms with Crippen LogP contribution in [0.1, 0.15) is 32.6 Å². The summed E-state index contributed by atoms with van der Waals surface area (Å²) in [4.78, 5) is 25.3. The van der Waals surface area contributed by atoms with E-state index in [1.54, 1.807) is 4.90 Å². The molecular formula is C16H22N2O3. The Bertz CT molecular complexity index is 502. The van der Waals surface area contributed by atoms with Crippen molar-refractivity contribution < 1.29 is 14.3 Å². The average Bonchev–Trinajstić information content (AvgIpc) is 2.50. The second kappa shape index (κ2) is 7.67. The molecule has 0 saturated heterocycles. The Morgan fingerprint density at radius 1 is 1.33 bits per heavy atom. The highest BCUT2D eigenvalue weighted by atomic mass is 16.5. The summed E-state index contributed by atoms with van der Waals surface area (Å²) in [7, 11) is 0. The highest BCUT2D eigenvalue weighted by Crippen LogP contribution is 2.31. The summed E-state index contributed by atoms with van der Waals surface area (Å²) in [5, 5.41) is 2.88. The predicted molar refractivity (Wildman–Crippen MR) is 81.4 cm³/mol. The first kappa shape index (κ1) is 15.4. The van der Waals surface area contributed by atoms with Crippen LogP contribution in [0.3, 0.4) is 0 Å². The molecule has 114 valence electrons. The number of ether oxygens (including phenoxy) is 1. The molecule has 0 unspecified atom stereocenters. The van der Waals surface area contributed by atoms with Gasteiger partial charge in [-0.25, -0.2) is 0 Å². The molecule has 0 atom stereocenters. The molecular weight excluding hydrogens is 268 g/mol. The summed E-state index contributed by atoms with van der Waals surface area (Å²) < 4.78 is 5.39. The van der Waals surface area contributed by atoms with Crippen LogP contribution < -0.4 is 15.0 Å². The van der Waals surface area contributed by atoms with E-state index >= 15 is 0 Å². The SMILES string of the molecule is CCCCNC(=O)CCCN1C(=O)COc2ccccc21. The van der Waals surface area contributed by atoms with Crippen molar-refractivity contribution in [3.63, 3.8) is 0 Å². The van der Waals surface area contributed by atoms with Crippen molar-refractivity contribution in [2.24, 2.45) is 0 Å². The van der Waals surface area contributed by atoms with Gasteiger partial charge in [-0.05, 0) is 25.0 Å². The zero-order chi connectivity index (χ0) is 15.1. The first-order chi connectivity index (χ1) is 10.2. The maximum Gasteiger partial charge on any atom is 0.265 e. The number of nitrogens with one attached hydrogen (secondary N) is 1. The number of benzene rings is 1. The molecule has 1 aliphatic heterocycles. The number of para-hydroxylation sites is 2. The van der Waals surface area contributed by atoms with Gasteiger partial charge >= 0.3 is 0 Å². The Morgan fingerprint density at radius 3 is 2.95 bits per heavy atom. The number of nitrogens with zero attached hydrogens (tertiary/aromatic N) is 1. The number of carbonyl (C=O) groups excluding carboxylic acids is 2. The highest BCUT2D eigenvalue weighted by Gasteiger charge is 2.24. The number of unbranched alkanes of at least 4 members (excludes halogenated alkanes) is 1. The maximum absolute atomic E-state index is 11.9. The summed E-state index contributed by atoms with van der Waals surface area (Å²) >= 11 is 0. The Balaban J connectivity index is 1.83. The normalized spacial score (nSPS) is 13.6. The van der Waals surface area contributed by atoms with Gasteiger partial charge in [-0.2, -0.15) is 0 Å². The predicted octanol–water partition coefficient (Wildman–Crippen LogP) is 2.11. The Morgan fingerprint density at radius 2 is 2.14 bits per heavy atom. The lowest BCUT2D eigenvalue weighted by atomic mass is 10.2. The minimum absolute atomic E-state index is 0.0532. The number of carbonyl (C=O) groups is 2. The van der Waals surface area contributed by atoms with E-state index in [0.717, 1.165) is 30.8 Å². The number of fused-ring (bicyclic) bond motifs is 1. The van der Waals surface area contributed by atoms with Crippen LogP contribution in [0.5, 0.6) is 5.75 Å². The van der Waals surface area contributed by atoms with Gasteiger partial charge in [-0.1, -0.05) is 25.5 Å². The van der Waals surface area contributed by atoms with Gasteiger partial charge in [0.2, 0.25) is 5.91 Å². The lowest BCUT2D eigenvalue weighted by molar-refractivity contribution is -0.122. The first-order valence-corrected chi connectivity index (χ1v) is 7.51. The standard InChI is InChI=1S/C16H22N2O3/c1-2-3-10-17-15(19)9-6-11-18-13-7-4-5-8-14(13)21-12-16(18)20/h4-5,7-8H,2-3,6,9-12H2,1H3,(H,17,19). The number of anilines is 1. The van der Waals surface area contributed by atoms with Crippen molar-refractivity contribution in [2.75, 3.05) is 24.6 Å². The van der Waals surface area contributed by atoms with Crippen LogP contribution in [-0.4, -0.2) is 31.5 Å². The van der Waals surface area contributed by atoms with Gasteiger partial charge in [-0.3, -0.25) is 9.59 Å². The number of hydrogen-bond acceptors (Lipinski definition) is 3. The van der Waals surface area contributed by atoms with Crippen molar-refractivity contribution >= 4 is 17.5 Å². The van der Waals surface area contributed by atoms with Crippen LogP contribution in [-0.2, 0) is 9.59 Å². The van der Waals surface area contributed by atoms with E-state index < -0.39 is 0 Å². The van der Waals surface area contributed by atoms with Crippen molar-refractivity contribution in [3.05, 3.63) is 24.3 Å². The fraction of sp³-hybridized carbons (Fsp3) is 0.500. The molecule has 0 spiro atoms. The van der Waals surface area contributed by atoms with Gasteiger partial charge in [0.25, 0.3) is 5.91 Å². The van der Waals surface area contributed by atoms with Gasteiger partial charge in [-0.15, -0.1) is 0 Å². The lowest BCUT2D eigenvalue weighted by Crippen LogP contribution is -2.39. The van der Waals surface area contributed by atoms with Crippen LogP contribution in [0.2, 0.25) is 0 Å².